The molecule has 0 spiro atoms. The highest BCUT2D eigenvalue weighted by molar-refractivity contribution is 8.01. The standard InChI is InChI=1S/CH4N2O.H4O2SSi/c2-1(3)4;1-3(2)4/h(H4,2,3,4);4H3,(H,1,2)/p-1. The minimum absolute atomic E-state index is 0.265. The van der Waals surface area contributed by atoms with Crippen LogP contribution in [-0.4, -0.2) is 24.2 Å². The average molecular weight is 155 g/mol. The number of urea groups is 1. The highest BCUT2D eigenvalue weighted by atomic mass is 32.4. The van der Waals surface area contributed by atoms with E-state index in [4.69, 9.17) is 13.6 Å². The Bertz CT molecular complexity index is 75.3. The summed E-state index contributed by atoms with van der Waals surface area (Å²) in [5.74, 6) is 0. The Hall–Kier alpha value is -0.403. The van der Waals surface area contributed by atoms with Crippen LogP contribution in [0.25, 0.3) is 0 Å². The van der Waals surface area contributed by atoms with Crippen LogP contribution in [0.1, 0.15) is 0 Å². The number of hydrogen-bond acceptors (Lipinski definition) is 3. The summed E-state index contributed by atoms with van der Waals surface area (Å²) >= 11 is 0. The molecule has 0 fully saturated rings. The second-order valence-electron chi connectivity index (χ2n) is 0.804. The number of rotatable bonds is 0. The first-order chi connectivity index (χ1) is 3.46. The zero-order chi connectivity index (χ0) is 7.15. The normalized spacial score (nSPS) is 11.1. The summed E-state index contributed by atoms with van der Waals surface area (Å²) < 4.78 is 18.1. The second kappa shape index (κ2) is 6.60. The molecule has 0 rings (SSSR count). The van der Waals surface area contributed by atoms with Crippen molar-refractivity contribution in [3.8, 4) is 0 Å². The van der Waals surface area contributed by atoms with E-state index >= 15 is 0 Å². The Morgan fingerprint density at radius 2 is 1.62 bits per heavy atom. The fourth-order valence-corrected chi connectivity index (χ4v) is 0. The van der Waals surface area contributed by atoms with E-state index in [0.717, 1.165) is 0 Å². The van der Waals surface area contributed by atoms with Gasteiger partial charge in [-0.05, 0) is 0 Å². The van der Waals surface area contributed by atoms with Crippen LogP contribution in [0.15, 0.2) is 0 Å². The first-order valence-electron chi connectivity index (χ1n) is 1.52. The lowest BCUT2D eigenvalue weighted by Gasteiger charge is -1.85. The molecule has 0 bridgehead atoms. The smallest absolute Gasteiger partial charge is 0.309 e. The number of carbonyl (C=O) groups excluding carboxylic acids is 1. The average Bonchev–Trinajstić information content (AvgIpc) is 1.25. The molecule has 5 nitrogen and oxygen atoms in total. The minimum atomic E-state index is -1.72. The molecule has 2 amide bonds. The summed E-state index contributed by atoms with van der Waals surface area (Å²) in [5.41, 5.74) is 8.50. The molecule has 0 aromatic heterocycles. The lowest BCUT2D eigenvalue weighted by Crippen LogP contribution is -2.18. The molecule has 0 aliphatic carbocycles. The van der Waals surface area contributed by atoms with E-state index in [1.54, 1.807) is 0 Å². The SMILES string of the molecule is NC(N)=O.O=S([O-])[SiH3]. The van der Waals surface area contributed by atoms with Gasteiger partial charge in [0.05, 0.1) is 9.39 Å². The molecule has 0 saturated heterocycles. The summed E-state index contributed by atoms with van der Waals surface area (Å²) in [6, 6.07) is -0.833. The molecule has 0 aromatic rings. The number of carbonyl (C=O) groups is 1. The van der Waals surface area contributed by atoms with E-state index < -0.39 is 16.6 Å². The first-order valence-corrected chi connectivity index (χ1v) is 5.46. The molecule has 7 heteroatoms. The molecule has 1 unspecified atom stereocenters. The van der Waals surface area contributed by atoms with Crippen molar-refractivity contribution >= 4 is 26.0 Å². The van der Waals surface area contributed by atoms with Crippen molar-refractivity contribution < 1.29 is 13.6 Å². The molecule has 0 aromatic carbocycles. The maximum atomic E-state index is 9.06. The molecule has 0 saturated carbocycles. The lowest BCUT2D eigenvalue weighted by molar-refractivity contribution is 0.256. The second-order valence-corrected chi connectivity index (χ2v) is 3.61. The monoisotopic (exact) mass is 155 g/mol. The van der Waals surface area contributed by atoms with E-state index in [1.165, 1.54) is 0 Å². The summed E-state index contributed by atoms with van der Waals surface area (Å²) in [4.78, 5) is 9.00. The highest BCUT2D eigenvalue weighted by Crippen LogP contribution is 1.41. The van der Waals surface area contributed by atoms with Gasteiger partial charge < -0.3 is 16.0 Å². The predicted octanol–water partition coefficient (Wildman–Crippen LogP) is -2.83. The number of nitrogens with two attached hydrogens (primary N) is 2. The third-order valence-corrected chi connectivity index (χ3v) is 0. The van der Waals surface area contributed by atoms with Gasteiger partial charge in [-0.15, -0.1) is 0 Å². The van der Waals surface area contributed by atoms with Gasteiger partial charge >= 0.3 is 6.03 Å². The van der Waals surface area contributed by atoms with E-state index in [2.05, 4.69) is 11.5 Å². The van der Waals surface area contributed by atoms with Crippen LogP contribution in [0, 0.1) is 0 Å². The van der Waals surface area contributed by atoms with Crippen LogP contribution in [0.3, 0.4) is 0 Å². The van der Waals surface area contributed by atoms with E-state index in [0.29, 0.717) is 0 Å². The molecule has 0 aliphatic rings. The van der Waals surface area contributed by atoms with Crippen LogP contribution < -0.4 is 11.5 Å². The zero-order valence-corrected chi connectivity index (χ0v) is 7.10. The predicted molar refractivity (Wildman–Crippen MR) is 32.6 cm³/mol. The van der Waals surface area contributed by atoms with E-state index in [-0.39, 0.29) is 9.39 Å². The Morgan fingerprint density at radius 1 is 1.62 bits per heavy atom. The van der Waals surface area contributed by atoms with Gasteiger partial charge in [0.15, 0.2) is 0 Å². The van der Waals surface area contributed by atoms with E-state index in [1.807, 2.05) is 0 Å². The quantitative estimate of drug-likeness (QED) is 0.290. The fraction of sp³-hybridized carbons (Fsp3) is 0. The summed E-state index contributed by atoms with van der Waals surface area (Å²) in [6.07, 6.45) is 0. The molecular weight excluding hydrogens is 148 g/mol. The van der Waals surface area contributed by atoms with Gasteiger partial charge in [-0.2, -0.15) is 0 Å². The first kappa shape index (κ1) is 10.6. The molecule has 4 N–H and O–H groups in total. The van der Waals surface area contributed by atoms with Crippen LogP contribution in [0.5, 0.6) is 0 Å². The number of primary amides is 2. The molecule has 0 aliphatic heterocycles. The van der Waals surface area contributed by atoms with Crippen molar-refractivity contribution in [3.63, 3.8) is 0 Å². The number of hydrogen-bond donors (Lipinski definition) is 2. The van der Waals surface area contributed by atoms with Crippen molar-refractivity contribution in [3.05, 3.63) is 0 Å². The minimum Gasteiger partial charge on any atom is -0.778 e. The summed E-state index contributed by atoms with van der Waals surface area (Å²) in [5, 5.41) is 0. The molecule has 8 heavy (non-hydrogen) atoms. The molecular formula is CH7N2O3SSi-. The number of amides is 2. The third kappa shape index (κ3) is 728. The topological polar surface area (TPSA) is 109 Å². The molecule has 0 heterocycles. The van der Waals surface area contributed by atoms with Crippen molar-refractivity contribution in [2.45, 2.75) is 0 Å². The highest BCUT2D eigenvalue weighted by Gasteiger charge is 1.60. The van der Waals surface area contributed by atoms with Gasteiger partial charge in [0.1, 0.15) is 0 Å². The summed E-state index contributed by atoms with van der Waals surface area (Å²) in [6.45, 7) is 0. The van der Waals surface area contributed by atoms with Crippen LogP contribution in [0.4, 0.5) is 4.79 Å². The van der Waals surface area contributed by atoms with Crippen molar-refractivity contribution in [1.29, 1.82) is 0 Å². The fourth-order valence-electron chi connectivity index (χ4n) is 0. The van der Waals surface area contributed by atoms with Gasteiger partial charge in [-0.3, -0.25) is 4.21 Å². The Kier molecular flexibility index (Phi) is 8.70. The van der Waals surface area contributed by atoms with E-state index in [9.17, 15) is 0 Å². The van der Waals surface area contributed by atoms with Crippen LogP contribution >= 0.6 is 0 Å². The van der Waals surface area contributed by atoms with Crippen molar-refractivity contribution in [2.24, 2.45) is 11.5 Å². The van der Waals surface area contributed by atoms with Gasteiger partial charge in [0, 0.05) is 0 Å². The van der Waals surface area contributed by atoms with Gasteiger partial charge in [0.2, 0.25) is 0 Å². The Labute approximate surface area is 51.8 Å². The van der Waals surface area contributed by atoms with Crippen molar-refractivity contribution in [2.75, 3.05) is 0 Å². The molecule has 50 valence electrons. The van der Waals surface area contributed by atoms with Gasteiger partial charge in [0.25, 0.3) is 0 Å². The Morgan fingerprint density at radius 3 is 1.62 bits per heavy atom. The van der Waals surface area contributed by atoms with Crippen molar-refractivity contribution in [1.82, 2.24) is 0 Å². The molecule has 1 atom stereocenters. The van der Waals surface area contributed by atoms with Crippen LogP contribution in [-0.2, 0) is 10.5 Å². The third-order valence-electron chi connectivity index (χ3n) is 0. The largest absolute Gasteiger partial charge is 0.778 e. The molecule has 0 radical (unpaired) electrons. The summed E-state index contributed by atoms with van der Waals surface area (Å²) in [7, 11) is -1.46. The van der Waals surface area contributed by atoms with Gasteiger partial charge in [-0.1, -0.05) is 10.5 Å². The van der Waals surface area contributed by atoms with Crippen LogP contribution in [0.2, 0.25) is 0 Å². The van der Waals surface area contributed by atoms with Gasteiger partial charge in [-0.25, -0.2) is 4.79 Å². The Balaban J connectivity index is 0. The maximum absolute atomic E-state index is 9.06. The lowest BCUT2D eigenvalue weighted by atomic mass is 11.2. The zero-order valence-electron chi connectivity index (χ0n) is 4.29. The maximum Gasteiger partial charge on any atom is 0.309 e.